The van der Waals surface area contributed by atoms with E-state index in [0.29, 0.717) is 24.7 Å². The number of urea groups is 1. The Labute approximate surface area is 179 Å². The molecule has 160 valence electrons. The molecule has 1 aromatic heterocycles. The van der Waals surface area contributed by atoms with Crippen LogP contribution in [0.4, 0.5) is 10.6 Å². The maximum atomic E-state index is 13.3. The van der Waals surface area contributed by atoms with Crippen molar-refractivity contribution < 1.29 is 9.59 Å². The second-order valence-corrected chi connectivity index (χ2v) is 15.5. The molecule has 1 saturated carbocycles. The van der Waals surface area contributed by atoms with E-state index < -0.39 is 13.6 Å². The molecule has 1 aromatic rings. The number of rotatable bonds is 3. The van der Waals surface area contributed by atoms with Crippen LogP contribution in [0.2, 0.25) is 24.7 Å². The van der Waals surface area contributed by atoms with Crippen molar-refractivity contribution in [1.29, 1.82) is 0 Å². The van der Waals surface area contributed by atoms with Crippen molar-refractivity contribution in [2.24, 2.45) is 4.99 Å². The molecule has 8 heteroatoms. The van der Waals surface area contributed by atoms with Gasteiger partial charge in [-0.2, -0.15) is 0 Å². The van der Waals surface area contributed by atoms with E-state index in [1.165, 1.54) is 0 Å². The highest BCUT2D eigenvalue weighted by molar-refractivity contribution is 6.82. The largest absolute Gasteiger partial charge is 0.324 e. The van der Waals surface area contributed by atoms with Crippen LogP contribution in [0.1, 0.15) is 33.1 Å². The van der Waals surface area contributed by atoms with Crippen LogP contribution in [0.5, 0.6) is 0 Å². The fraction of sp³-hybridized carbons (Fsp3) is 0.545. The van der Waals surface area contributed by atoms with Crippen LogP contribution in [-0.4, -0.2) is 54.4 Å². The zero-order chi connectivity index (χ0) is 21.7. The third-order valence-corrected chi connectivity index (χ3v) is 10.8. The molecule has 1 fully saturated rings. The molecule has 2 aliphatic heterocycles. The number of hydrogen-bond donors (Lipinski definition) is 2. The molecule has 4 rings (SSSR count). The number of nitrogens with one attached hydrogen (secondary N) is 2. The van der Waals surface area contributed by atoms with Gasteiger partial charge in [-0.05, 0) is 44.4 Å². The summed E-state index contributed by atoms with van der Waals surface area (Å²) in [6.45, 7) is 11.8. The first-order valence-electron chi connectivity index (χ1n) is 10.6. The molecule has 3 aliphatic rings. The standard InChI is InChI=1S/C22H31N5O2Si/c1-21(2)16-13-24-18(26-19(28)22(10-8-11-22)30(3,4)5)15(16)14-27(21)20(29)25-17-9-6-7-12-23-17/h6-7,9,12H,8,10-11,13-14H2,1-5H3,(H,23,25,29)(H,24,26,28). The van der Waals surface area contributed by atoms with Crippen molar-refractivity contribution in [3.8, 4) is 0 Å². The first-order chi connectivity index (χ1) is 14.1. The van der Waals surface area contributed by atoms with Crippen molar-refractivity contribution in [1.82, 2.24) is 15.2 Å². The number of carbonyl (C=O) groups excluding carboxylic acids is 2. The van der Waals surface area contributed by atoms with E-state index in [2.05, 4.69) is 40.3 Å². The van der Waals surface area contributed by atoms with Gasteiger partial charge < -0.3 is 10.2 Å². The van der Waals surface area contributed by atoms with Gasteiger partial charge in [0, 0.05) is 16.8 Å². The fourth-order valence-corrected chi connectivity index (χ4v) is 7.47. The third kappa shape index (κ3) is 3.17. The number of hydrogen-bond acceptors (Lipinski definition) is 4. The Morgan fingerprint density at radius 1 is 1.13 bits per heavy atom. The van der Waals surface area contributed by atoms with Gasteiger partial charge in [0.2, 0.25) is 5.91 Å². The Morgan fingerprint density at radius 3 is 2.43 bits per heavy atom. The highest BCUT2D eigenvalue weighted by Crippen LogP contribution is 2.55. The average molecular weight is 426 g/mol. The van der Waals surface area contributed by atoms with E-state index in [1.54, 1.807) is 17.2 Å². The first kappa shape index (κ1) is 20.8. The molecule has 0 radical (unpaired) electrons. The summed E-state index contributed by atoms with van der Waals surface area (Å²) in [6.07, 6.45) is 4.71. The second-order valence-electron chi connectivity index (χ2n) is 10.1. The van der Waals surface area contributed by atoms with Crippen molar-refractivity contribution in [2.45, 2.75) is 63.3 Å². The Hall–Kier alpha value is -2.48. The topological polar surface area (TPSA) is 86.7 Å². The SMILES string of the molecule is CC1(C)C2=C(CN1C(=O)Nc1ccccn1)C(NC(=O)C1([Si](C)(C)C)CCC1)=NC2. The molecule has 0 bridgehead atoms. The van der Waals surface area contributed by atoms with Crippen molar-refractivity contribution in [3.63, 3.8) is 0 Å². The number of amidine groups is 1. The molecule has 7 nitrogen and oxygen atoms in total. The van der Waals surface area contributed by atoms with Crippen LogP contribution < -0.4 is 10.6 Å². The second kappa shape index (κ2) is 7.04. The summed E-state index contributed by atoms with van der Waals surface area (Å²) in [5.74, 6) is 1.30. The highest BCUT2D eigenvalue weighted by Gasteiger charge is 2.54. The van der Waals surface area contributed by atoms with Crippen molar-refractivity contribution >= 4 is 31.7 Å². The lowest BCUT2D eigenvalue weighted by molar-refractivity contribution is -0.125. The normalized spacial score (nSPS) is 21.6. The summed E-state index contributed by atoms with van der Waals surface area (Å²) in [4.78, 5) is 36.9. The predicted molar refractivity (Wildman–Crippen MR) is 121 cm³/mol. The van der Waals surface area contributed by atoms with Gasteiger partial charge in [0.05, 0.1) is 26.7 Å². The van der Waals surface area contributed by atoms with Crippen molar-refractivity contribution in [3.05, 3.63) is 35.5 Å². The number of nitrogens with zero attached hydrogens (tertiary/aromatic N) is 3. The lowest BCUT2D eigenvalue weighted by Crippen LogP contribution is -2.55. The van der Waals surface area contributed by atoms with Crippen LogP contribution in [0.25, 0.3) is 0 Å². The van der Waals surface area contributed by atoms with E-state index in [9.17, 15) is 9.59 Å². The van der Waals surface area contributed by atoms with Gasteiger partial charge in [0.15, 0.2) is 0 Å². The lowest BCUT2D eigenvalue weighted by Gasteiger charge is -2.49. The number of carbonyl (C=O) groups is 2. The molecule has 0 unspecified atom stereocenters. The van der Waals surface area contributed by atoms with Gasteiger partial charge in [-0.1, -0.05) is 32.1 Å². The van der Waals surface area contributed by atoms with Crippen LogP contribution >= 0.6 is 0 Å². The summed E-state index contributed by atoms with van der Waals surface area (Å²) in [5.41, 5.74) is 1.61. The summed E-state index contributed by atoms with van der Waals surface area (Å²) in [7, 11) is -1.66. The Morgan fingerprint density at radius 2 is 1.87 bits per heavy atom. The predicted octanol–water partition coefficient (Wildman–Crippen LogP) is 3.80. The number of aromatic nitrogens is 1. The minimum absolute atomic E-state index is 0.120. The smallest absolute Gasteiger partial charge is 0.311 e. The third-order valence-electron chi connectivity index (χ3n) is 7.23. The minimum Gasteiger partial charge on any atom is -0.311 e. The van der Waals surface area contributed by atoms with Crippen molar-refractivity contribution in [2.75, 3.05) is 18.4 Å². The highest BCUT2D eigenvalue weighted by atomic mass is 28.3. The summed E-state index contributed by atoms with van der Waals surface area (Å²) in [5, 5.41) is 5.83. The number of amides is 3. The molecule has 0 atom stereocenters. The summed E-state index contributed by atoms with van der Waals surface area (Å²) in [6, 6.07) is 5.22. The monoisotopic (exact) mass is 425 g/mol. The number of pyridine rings is 1. The zero-order valence-corrected chi connectivity index (χ0v) is 19.5. The maximum Gasteiger partial charge on any atom is 0.324 e. The maximum absolute atomic E-state index is 13.3. The van der Waals surface area contributed by atoms with E-state index in [0.717, 1.165) is 30.4 Å². The number of aliphatic imine (C=N–C) groups is 1. The van der Waals surface area contributed by atoms with E-state index >= 15 is 0 Å². The first-order valence-corrected chi connectivity index (χ1v) is 14.1. The van der Waals surface area contributed by atoms with Gasteiger partial charge in [-0.25, -0.2) is 9.78 Å². The lowest BCUT2D eigenvalue weighted by atomic mass is 9.83. The fourth-order valence-electron chi connectivity index (χ4n) is 4.87. The Kier molecular flexibility index (Phi) is 4.88. The molecule has 0 aromatic carbocycles. The van der Waals surface area contributed by atoms with Crippen LogP contribution in [0, 0.1) is 0 Å². The minimum atomic E-state index is -1.66. The molecule has 0 spiro atoms. The van der Waals surface area contributed by atoms with E-state index in [4.69, 9.17) is 0 Å². The summed E-state index contributed by atoms with van der Waals surface area (Å²) < 4.78 is 0. The van der Waals surface area contributed by atoms with E-state index in [-0.39, 0.29) is 17.0 Å². The molecular formula is C22H31N5O2Si. The molecule has 3 amide bonds. The molecule has 30 heavy (non-hydrogen) atoms. The van der Waals surface area contributed by atoms with E-state index in [1.807, 2.05) is 26.0 Å². The van der Waals surface area contributed by atoms with Crippen LogP contribution in [0.3, 0.4) is 0 Å². The van der Waals surface area contributed by atoms with Crippen LogP contribution in [0.15, 0.2) is 40.5 Å². The van der Waals surface area contributed by atoms with Crippen LogP contribution in [-0.2, 0) is 4.79 Å². The molecule has 2 N–H and O–H groups in total. The quantitative estimate of drug-likeness (QED) is 0.722. The number of anilines is 1. The van der Waals surface area contributed by atoms with Gasteiger partial charge in [0.25, 0.3) is 0 Å². The van der Waals surface area contributed by atoms with Gasteiger partial charge in [-0.3, -0.25) is 15.1 Å². The van der Waals surface area contributed by atoms with Gasteiger partial charge in [0.1, 0.15) is 11.7 Å². The molecule has 1 aliphatic carbocycles. The summed E-state index contributed by atoms with van der Waals surface area (Å²) >= 11 is 0. The molecule has 3 heterocycles. The average Bonchev–Trinajstić information content (AvgIpc) is 3.12. The zero-order valence-electron chi connectivity index (χ0n) is 18.5. The molecule has 0 saturated heterocycles. The van der Waals surface area contributed by atoms with Gasteiger partial charge >= 0.3 is 6.03 Å². The Bertz CT molecular complexity index is 942. The Balaban J connectivity index is 1.50. The van der Waals surface area contributed by atoms with Gasteiger partial charge in [-0.15, -0.1) is 0 Å². The molecular weight excluding hydrogens is 394 g/mol.